The number of rotatable bonds is 13. The molecule has 0 aromatic rings. The summed E-state index contributed by atoms with van der Waals surface area (Å²) >= 11 is 0. The quantitative estimate of drug-likeness (QED) is 0.374. The van der Waals surface area contributed by atoms with Crippen molar-refractivity contribution in [2.45, 2.75) is 64.0 Å². The van der Waals surface area contributed by atoms with E-state index in [4.69, 9.17) is 41.4 Å². The van der Waals surface area contributed by atoms with Gasteiger partial charge in [0.05, 0.1) is 19.3 Å². The maximum atomic E-state index is 12.7. The zero-order valence-electron chi connectivity index (χ0n) is 16.5. The predicted molar refractivity (Wildman–Crippen MR) is 99.2 cm³/mol. The summed E-state index contributed by atoms with van der Waals surface area (Å²) in [5, 5.41) is 0. The van der Waals surface area contributed by atoms with Gasteiger partial charge in [0.25, 0.3) is 0 Å². The molecule has 26 heavy (non-hydrogen) atoms. The molecule has 0 amide bonds. The van der Waals surface area contributed by atoms with E-state index in [1.807, 2.05) is 20.8 Å². The molecule has 8 nitrogen and oxygen atoms in total. The summed E-state index contributed by atoms with van der Waals surface area (Å²) in [5.41, 5.74) is 5.68. The van der Waals surface area contributed by atoms with Gasteiger partial charge in [-0.05, 0) is 32.2 Å². The van der Waals surface area contributed by atoms with Gasteiger partial charge in [0.1, 0.15) is 26.2 Å². The van der Waals surface area contributed by atoms with Crippen molar-refractivity contribution in [2.75, 3.05) is 34.0 Å². The molecule has 0 aromatic carbocycles. The summed E-state index contributed by atoms with van der Waals surface area (Å²) < 4.78 is 45.7. The van der Waals surface area contributed by atoms with Gasteiger partial charge in [-0.15, -0.1) is 0 Å². The van der Waals surface area contributed by atoms with E-state index in [1.54, 1.807) is 0 Å². The summed E-state index contributed by atoms with van der Waals surface area (Å²) in [7, 11) is 5.14. The van der Waals surface area contributed by atoms with Crippen LogP contribution in [0.5, 0.6) is 0 Å². The lowest BCUT2D eigenvalue weighted by molar-refractivity contribution is -0.0677. The number of hydrogen-bond acceptors (Lipinski definition) is 8. The van der Waals surface area contributed by atoms with Crippen molar-refractivity contribution in [3.05, 3.63) is 0 Å². The number of methoxy groups -OCH3 is 1. The number of nitrogens with two attached hydrogens (primary N) is 1. The van der Waals surface area contributed by atoms with Crippen molar-refractivity contribution in [1.82, 2.24) is 0 Å². The molecule has 10 heteroatoms. The fourth-order valence-corrected chi connectivity index (χ4v) is 4.01. The third-order valence-electron chi connectivity index (χ3n) is 4.13. The number of phosphoric acid groups is 1. The Kier molecular flexibility index (Phi) is 10.9. The van der Waals surface area contributed by atoms with Crippen molar-refractivity contribution < 1.29 is 32.3 Å². The van der Waals surface area contributed by atoms with E-state index < -0.39 is 32.1 Å². The third kappa shape index (κ3) is 7.21. The van der Waals surface area contributed by atoms with Gasteiger partial charge in [-0.2, -0.15) is 0 Å². The summed E-state index contributed by atoms with van der Waals surface area (Å²) in [4.78, 5) is 0. The average molecular weight is 393 g/mol. The van der Waals surface area contributed by atoms with Gasteiger partial charge in [-0.25, -0.2) is 4.57 Å². The summed E-state index contributed by atoms with van der Waals surface area (Å²) in [5.74, 6) is 0.302. The molecule has 1 heterocycles. The largest absolute Gasteiger partial charge is 0.474 e. The molecule has 5 unspecified atom stereocenters. The van der Waals surface area contributed by atoms with Crippen LogP contribution in [0.3, 0.4) is 0 Å². The molecule has 152 valence electrons. The van der Waals surface area contributed by atoms with E-state index >= 15 is 0 Å². The highest BCUT2D eigenvalue weighted by molar-refractivity contribution is 7.48. The van der Waals surface area contributed by atoms with Crippen LogP contribution in [0.4, 0.5) is 0 Å². The Morgan fingerprint density at radius 1 is 1.27 bits per heavy atom. The molecule has 1 rings (SSSR count). The Morgan fingerprint density at radius 3 is 2.50 bits per heavy atom. The molecule has 2 N–H and O–H groups in total. The molecule has 1 saturated heterocycles. The van der Waals surface area contributed by atoms with Gasteiger partial charge >= 0.3 is 7.82 Å². The van der Waals surface area contributed by atoms with Crippen LogP contribution >= 0.6 is 7.82 Å². The monoisotopic (exact) mass is 393 g/mol. The average Bonchev–Trinajstić information content (AvgIpc) is 2.88. The van der Waals surface area contributed by atoms with Gasteiger partial charge < -0.3 is 19.9 Å². The van der Waals surface area contributed by atoms with E-state index in [0.29, 0.717) is 18.9 Å². The highest BCUT2D eigenvalue weighted by Crippen LogP contribution is 2.52. The first kappa shape index (κ1) is 24.1. The predicted octanol–water partition coefficient (Wildman–Crippen LogP) is 1.85. The number of ether oxygens (including phenoxy) is 3. The molecule has 0 spiro atoms. The highest BCUT2D eigenvalue weighted by Gasteiger charge is 2.48. The molecule has 1 aliphatic heterocycles. The van der Waals surface area contributed by atoms with Crippen LogP contribution < -0.4 is 5.73 Å². The third-order valence-corrected chi connectivity index (χ3v) is 5.58. The van der Waals surface area contributed by atoms with Gasteiger partial charge in [-0.3, -0.25) is 13.6 Å². The van der Waals surface area contributed by atoms with E-state index in [-0.39, 0.29) is 19.3 Å². The van der Waals surface area contributed by atoms with Crippen molar-refractivity contribution in [2.24, 2.45) is 11.7 Å². The molecule has 0 saturated carbocycles. The van der Waals surface area contributed by atoms with Crippen LogP contribution in [0.1, 0.15) is 33.6 Å². The highest BCUT2D eigenvalue weighted by atomic mass is 31.2. The lowest BCUT2D eigenvalue weighted by Crippen LogP contribution is -2.41. The molecular weight excluding hydrogens is 360 g/mol. The minimum absolute atomic E-state index is 0.126. The van der Waals surface area contributed by atoms with Crippen molar-refractivity contribution in [3.63, 3.8) is 0 Å². The summed E-state index contributed by atoms with van der Waals surface area (Å²) in [6, 6.07) is -0.743. The zero-order chi connectivity index (χ0) is 19.7. The fourth-order valence-electron chi connectivity index (χ4n) is 2.80. The minimum Gasteiger partial charge on any atom is -0.382 e. The Hall–Kier alpha value is 0.0149. The van der Waals surface area contributed by atoms with Gasteiger partial charge in [0, 0.05) is 20.2 Å². The first-order valence-electron chi connectivity index (χ1n) is 9.04. The van der Waals surface area contributed by atoms with Crippen LogP contribution in [0.15, 0.2) is 0 Å². The molecular formula is C16H33BNO7P. The SMILES string of the molecule is [B][C@@H]1O[C@H](COC)C(OP(=O)(OC)OCCC)C1OC(C)CC(C)CN. The molecule has 0 aliphatic carbocycles. The van der Waals surface area contributed by atoms with E-state index in [0.717, 1.165) is 6.42 Å². The van der Waals surface area contributed by atoms with E-state index in [2.05, 4.69) is 0 Å². The lowest BCUT2D eigenvalue weighted by Gasteiger charge is -2.29. The Labute approximate surface area is 158 Å². The van der Waals surface area contributed by atoms with Crippen LogP contribution in [0.2, 0.25) is 0 Å². The van der Waals surface area contributed by atoms with Crippen molar-refractivity contribution in [1.29, 1.82) is 0 Å². The van der Waals surface area contributed by atoms with Crippen molar-refractivity contribution >= 4 is 15.7 Å². The Bertz CT molecular complexity index is 445. The Morgan fingerprint density at radius 2 is 1.96 bits per heavy atom. The van der Waals surface area contributed by atoms with E-state index in [1.165, 1.54) is 14.2 Å². The van der Waals surface area contributed by atoms with E-state index in [9.17, 15) is 4.57 Å². The second-order valence-electron chi connectivity index (χ2n) is 6.62. The molecule has 0 bridgehead atoms. The molecule has 2 radical (unpaired) electrons. The topological polar surface area (TPSA) is 98.5 Å². The second-order valence-corrected chi connectivity index (χ2v) is 8.34. The first-order valence-corrected chi connectivity index (χ1v) is 10.5. The van der Waals surface area contributed by atoms with Gasteiger partial charge in [0.2, 0.25) is 0 Å². The molecule has 1 fully saturated rings. The fraction of sp³-hybridized carbons (Fsp3) is 1.00. The second kappa shape index (κ2) is 11.8. The number of phosphoric ester groups is 1. The van der Waals surface area contributed by atoms with Crippen molar-refractivity contribution in [3.8, 4) is 0 Å². The summed E-state index contributed by atoms with van der Waals surface area (Å²) in [6.45, 7) is 6.90. The van der Waals surface area contributed by atoms with Crippen LogP contribution in [-0.2, 0) is 32.3 Å². The van der Waals surface area contributed by atoms with Gasteiger partial charge in [0.15, 0.2) is 0 Å². The Balaban J connectivity index is 2.88. The maximum absolute atomic E-state index is 12.7. The number of hydrogen-bond donors (Lipinski definition) is 1. The van der Waals surface area contributed by atoms with Crippen LogP contribution in [-0.4, -0.2) is 72.2 Å². The summed E-state index contributed by atoms with van der Waals surface area (Å²) in [6.07, 6.45) is -0.623. The molecule has 1 aliphatic rings. The zero-order valence-corrected chi connectivity index (χ0v) is 17.4. The maximum Gasteiger partial charge on any atom is 0.474 e. The normalized spacial score (nSPS) is 30.8. The smallest absolute Gasteiger partial charge is 0.382 e. The molecule has 0 aromatic heterocycles. The standard InChI is InChI=1S/C16H33BNO7P/c1-6-7-22-26(19,21-5)25-14-13(10-20-4)24-16(17)15(14)23-12(3)8-11(2)9-18/h11-16H,6-10,18H2,1-5H3/t11?,12?,13-,14?,15?,16-,26?/m1/s1. The van der Waals surface area contributed by atoms with Gasteiger partial charge in [-0.1, -0.05) is 13.8 Å². The minimum atomic E-state index is -3.76. The van der Waals surface area contributed by atoms with Crippen LogP contribution in [0.25, 0.3) is 0 Å². The van der Waals surface area contributed by atoms with Crippen LogP contribution in [0, 0.1) is 5.92 Å². The lowest BCUT2D eigenvalue weighted by atomic mass is 9.92. The molecule has 7 atom stereocenters. The first-order chi connectivity index (χ1) is 12.3.